The number of alkyl halides is 1. The van der Waals surface area contributed by atoms with E-state index < -0.39 is 0 Å². The van der Waals surface area contributed by atoms with E-state index in [1.807, 2.05) is 12.3 Å². The highest BCUT2D eigenvalue weighted by Gasteiger charge is 2.13. The van der Waals surface area contributed by atoms with Crippen LogP contribution >= 0.6 is 11.6 Å². The Morgan fingerprint density at radius 1 is 1.38 bits per heavy atom. The lowest BCUT2D eigenvalue weighted by Crippen LogP contribution is -2.17. The molecule has 16 heavy (non-hydrogen) atoms. The first-order valence-corrected chi connectivity index (χ1v) is 6.26. The Hall–Kier alpha value is -0.760. The zero-order chi connectivity index (χ0) is 12.2. The van der Waals surface area contributed by atoms with Gasteiger partial charge in [-0.2, -0.15) is 0 Å². The van der Waals surface area contributed by atoms with Crippen LogP contribution in [0.1, 0.15) is 39.7 Å². The first-order chi connectivity index (χ1) is 7.43. The Morgan fingerprint density at radius 2 is 2.06 bits per heavy atom. The molecule has 90 valence electrons. The molecule has 0 fully saturated rings. The lowest BCUT2D eigenvalue weighted by atomic mass is 9.88. The zero-order valence-electron chi connectivity index (χ0n) is 10.5. The molecule has 0 amide bonds. The molecule has 0 saturated heterocycles. The number of rotatable bonds is 4. The third-order valence-corrected chi connectivity index (χ3v) is 2.78. The summed E-state index contributed by atoms with van der Waals surface area (Å²) in [5.41, 5.74) is 1.41. The van der Waals surface area contributed by atoms with Crippen LogP contribution in [-0.2, 0) is 5.41 Å². The van der Waals surface area contributed by atoms with E-state index in [9.17, 15) is 0 Å². The van der Waals surface area contributed by atoms with Gasteiger partial charge in [0.15, 0.2) is 0 Å². The molecule has 0 aliphatic heterocycles. The Bertz CT molecular complexity index is 314. The number of hydrogen-bond donors (Lipinski definition) is 1. The van der Waals surface area contributed by atoms with Gasteiger partial charge in [0, 0.05) is 18.1 Å². The van der Waals surface area contributed by atoms with Crippen molar-refractivity contribution in [1.82, 2.24) is 4.98 Å². The second-order valence-corrected chi connectivity index (χ2v) is 5.58. The molecule has 0 aromatic carbocycles. The number of nitrogens with one attached hydrogen (secondary N) is 1. The van der Waals surface area contributed by atoms with Crippen LogP contribution in [0.2, 0.25) is 0 Å². The van der Waals surface area contributed by atoms with Crippen LogP contribution in [0, 0.1) is 0 Å². The third kappa shape index (κ3) is 4.01. The number of nitrogens with zero attached hydrogens (tertiary/aromatic N) is 1. The SMILES string of the molecule is CC(CCCl)Nc1ccc(C(C)(C)C)cn1. The predicted molar refractivity (Wildman–Crippen MR) is 71.4 cm³/mol. The highest BCUT2D eigenvalue weighted by Crippen LogP contribution is 2.22. The summed E-state index contributed by atoms with van der Waals surface area (Å²) in [6.07, 6.45) is 2.89. The van der Waals surface area contributed by atoms with Crippen molar-refractivity contribution in [2.24, 2.45) is 0 Å². The van der Waals surface area contributed by atoms with Crippen molar-refractivity contribution in [2.45, 2.75) is 45.6 Å². The second-order valence-electron chi connectivity index (χ2n) is 5.21. The summed E-state index contributed by atoms with van der Waals surface area (Å²) in [7, 11) is 0. The van der Waals surface area contributed by atoms with Crippen molar-refractivity contribution in [2.75, 3.05) is 11.2 Å². The van der Waals surface area contributed by atoms with Gasteiger partial charge in [0.1, 0.15) is 5.82 Å². The quantitative estimate of drug-likeness (QED) is 0.810. The lowest BCUT2D eigenvalue weighted by molar-refractivity contribution is 0.587. The standard InChI is InChI=1S/C13H21ClN2/c1-10(7-8-14)16-12-6-5-11(9-15-12)13(2,3)4/h5-6,9-10H,7-8H2,1-4H3,(H,15,16). The monoisotopic (exact) mass is 240 g/mol. The van der Waals surface area contributed by atoms with Crippen molar-refractivity contribution in [3.63, 3.8) is 0 Å². The van der Waals surface area contributed by atoms with E-state index in [0.717, 1.165) is 12.2 Å². The first kappa shape index (κ1) is 13.3. The molecule has 0 radical (unpaired) electrons. The van der Waals surface area contributed by atoms with Gasteiger partial charge in [0.25, 0.3) is 0 Å². The highest BCUT2D eigenvalue weighted by molar-refractivity contribution is 6.17. The van der Waals surface area contributed by atoms with E-state index in [4.69, 9.17) is 11.6 Å². The molecular weight excluding hydrogens is 220 g/mol. The van der Waals surface area contributed by atoms with E-state index >= 15 is 0 Å². The van der Waals surface area contributed by atoms with Gasteiger partial charge in [-0.15, -0.1) is 11.6 Å². The van der Waals surface area contributed by atoms with Crippen LogP contribution < -0.4 is 5.32 Å². The fraction of sp³-hybridized carbons (Fsp3) is 0.615. The minimum absolute atomic E-state index is 0.160. The molecule has 0 saturated carbocycles. The summed E-state index contributed by atoms with van der Waals surface area (Å²) in [5.74, 6) is 1.60. The van der Waals surface area contributed by atoms with Gasteiger partial charge in [0.05, 0.1) is 0 Å². The molecule has 1 aromatic rings. The van der Waals surface area contributed by atoms with E-state index in [1.54, 1.807) is 0 Å². The molecule has 1 unspecified atom stereocenters. The van der Waals surface area contributed by atoms with Gasteiger partial charge in [-0.25, -0.2) is 4.98 Å². The Balaban J connectivity index is 2.65. The summed E-state index contributed by atoms with van der Waals surface area (Å²) in [5, 5.41) is 3.33. The van der Waals surface area contributed by atoms with E-state index in [-0.39, 0.29) is 5.41 Å². The normalized spacial score (nSPS) is 13.6. The van der Waals surface area contributed by atoms with Crippen LogP contribution in [0.3, 0.4) is 0 Å². The van der Waals surface area contributed by atoms with Crippen LogP contribution in [-0.4, -0.2) is 16.9 Å². The van der Waals surface area contributed by atoms with Crippen LogP contribution in [0.5, 0.6) is 0 Å². The maximum absolute atomic E-state index is 5.69. The molecule has 1 atom stereocenters. The maximum Gasteiger partial charge on any atom is 0.126 e. The molecule has 1 N–H and O–H groups in total. The van der Waals surface area contributed by atoms with Gasteiger partial charge >= 0.3 is 0 Å². The van der Waals surface area contributed by atoms with Gasteiger partial charge < -0.3 is 5.32 Å². The van der Waals surface area contributed by atoms with E-state index in [2.05, 4.69) is 44.1 Å². The van der Waals surface area contributed by atoms with Crippen LogP contribution in [0.4, 0.5) is 5.82 Å². The Morgan fingerprint density at radius 3 is 2.50 bits per heavy atom. The molecule has 0 aliphatic carbocycles. The number of pyridine rings is 1. The maximum atomic E-state index is 5.69. The average Bonchev–Trinajstić information content (AvgIpc) is 2.17. The fourth-order valence-corrected chi connectivity index (χ4v) is 1.74. The molecule has 3 heteroatoms. The van der Waals surface area contributed by atoms with Crippen LogP contribution in [0.15, 0.2) is 18.3 Å². The number of anilines is 1. The van der Waals surface area contributed by atoms with E-state index in [1.165, 1.54) is 5.56 Å². The third-order valence-electron chi connectivity index (χ3n) is 2.57. The fourth-order valence-electron chi connectivity index (χ4n) is 1.41. The molecule has 0 aliphatic rings. The minimum Gasteiger partial charge on any atom is -0.368 e. The molecule has 2 nitrogen and oxygen atoms in total. The molecule has 1 aromatic heterocycles. The van der Waals surface area contributed by atoms with Crippen LogP contribution in [0.25, 0.3) is 0 Å². The molecule has 0 spiro atoms. The summed E-state index contributed by atoms with van der Waals surface area (Å²) in [4.78, 5) is 4.41. The van der Waals surface area contributed by atoms with Crippen molar-refractivity contribution in [3.05, 3.63) is 23.9 Å². The summed E-state index contributed by atoms with van der Waals surface area (Å²) >= 11 is 5.69. The molecule has 0 bridgehead atoms. The number of halogens is 1. The molecule has 1 heterocycles. The zero-order valence-corrected chi connectivity index (χ0v) is 11.3. The van der Waals surface area contributed by atoms with Gasteiger partial charge in [0.2, 0.25) is 0 Å². The van der Waals surface area contributed by atoms with Gasteiger partial charge in [-0.05, 0) is 30.4 Å². The largest absolute Gasteiger partial charge is 0.368 e. The van der Waals surface area contributed by atoms with Crippen molar-refractivity contribution < 1.29 is 0 Å². The van der Waals surface area contributed by atoms with Crippen molar-refractivity contribution in [1.29, 1.82) is 0 Å². The Labute approximate surface area is 103 Å². The smallest absolute Gasteiger partial charge is 0.126 e. The van der Waals surface area contributed by atoms with Crippen molar-refractivity contribution in [3.8, 4) is 0 Å². The number of aromatic nitrogens is 1. The summed E-state index contributed by atoms with van der Waals surface area (Å²) < 4.78 is 0. The topological polar surface area (TPSA) is 24.9 Å². The highest BCUT2D eigenvalue weighted by atomic mass is 35.5. The summed E-state index contributed by atoms with van der Waals surface area (Å²) in [6, 6.07) is 4.53. The average molecular weight is 241 g/mol. The molecular formula is C13H21ClN2. The summed E-state index contributed by atoms with van der Waals surface area (Å²) in [6.45, 7) is 8.68. The second kappa shape index (κ2) is 5.53. The Kier molecular flexibility index (Phi) is 4.60. The van der Waals surface area contributed by atoms with Gasteiger partial charge in [-0.3, -0.25) is 0 Å². The first-order valence-electron chi connectivity index (χ1n) is 5.72. The minimum atomic E-state index is 0.160. The molecule has 1 rings (SSSR count). The van der Waals surface area contributed by atoms with Crippen molar-refractivity contribution >= 4 is 17.4 Å². The van der Waals surface area contributed by atoms with Gasteiger partial charge in [-0.1, -0.05) is 26.8 Å². The predicted octanol–water partition coefficient (Wildman–Crippen LogP) is 3.81. The lowest BCUT2D eigenvalue weighted by Gasteiger charge is -2.19. The van der Waals surface area contributed by atoms with E-state index in [0.29, 0.717) is 11.9 Å². The number of hydrogen-bond acceptors (Lipinski definition) is 2.